The van der Waals surface area contributed by atoms with Gasteiger partial charge in [-0.3, -0.25) is 4.90 Å². The lowest BCUT2D eigenvalue weighted by atomic mass is 9.77. The predicted octanol–water partition coefficient (Wildman–Crippen LogP) is 4.20. The molecule has 0 radical (unpaired) electrons. The van der Waals surface area contributed by atoms with Gasteiger partial charge < -0.3 is 5.32 Å². The maximum absolute atomic E-state index is 4.02. The first-order valence-corrected chi connectivity index (χ1v) is 9.80. The van der Waals surface area contributed by atoms with Gasteiger partial charge in [-0.25, -0.2) is 0 Å². The number of rotatable bonds is 6. The van der Waals surface area contributed by atoms with Crippen molar-refractivity contribution < 1.29 is 0 Å². The third-order valence-corrected chi connectivity index (χ3v) is 6.55. The molecule has 1 aliphatic heterocycles. The zero-order valence-corrected chi connectivity index (χ0v) is 14.3. The highest BCUT2D eigenvalue weighted by molar-refractivity contribution is 4.92. The van der Waals surface area contributed by atoms with Crippen LogP contribution in [0.5, 0.6) is 0 Å². The summed E-state index contributed by atoms with van der Waals surface area (Å²) in [7, 11) is 0. The van der Waals surface area contributed by atoms with Gasteiger partial charge in [-0.15, -0.1) is 0 Å². The van der Waals surface area contributed by atoms with Gasteiger partial charge in [0.1, 0.15) is 0 Å². The summed E-state index contributed by atoms with van der Waals surface area (Å²) in [6, 6.07) is 2.47. The molecule has 2 saturated carbocycles. The van der Waals surface area contributed by atoms with Gasteiger partial charge in [0, 0.05) is 31.2 Å². The van der Waals surface area contributed by atoms with Crippen LogP contribution in [0.1, 0.15) is 78.1 Å². The fraction of sp³-hybridized carbons (Fsp3) is 1.00. The molecule has 0 aromatic rings. The minimum atomic E-state index is 0.765. The molecule has 0 bridgehead atoms. The number of piperidine rings is 1. The first-order chi connectivity index (χ1) is 10.3. The molecule has 3 atom stereocenters. The Labute approximate surface area is 132 Å². The Morgan fingerprint density at radius 1 is 0.952 bits per heavy atom. The SMILES string of the molecule is CCC1CC(NC2CCCC2)CN(C(CC)C2CCC2)C1. The van der Waals surface area contributed by atoms with Crippen LogP contribution in [-0.2, 0) is 0 Å². The third-order valence-electron chi connectivity index (χ3n) is 6.55. The first kappa shape index (κ1) is 15.8. The highest BCUT2D eigenvalue weighted by Gasteiger charge is 2.36. The van der Waals surface area contributed by atoms with Crippen LogP contribution in [0.25, 0.3) is 0 Å². The fourth-order valence-corrected chi connectivity index (χ4v) is 5.07. The van der Waals surface area contributed by atoms with Gasteiger partial charge in [-0.2, -0.15) is 0 Å². The van der Waals surface area contributed by atoms with E-state index in [1.165, 1.54) is 77.3 Å². The van der Waals surface area contributed by atoms with Gasteiger partial charge >= 0.3 is 0 Å². The molecule has 2 heteroatoms. The molecule has 0 spiro atoms. The van der Waals surface area contributed by atoms with Crippen molar-refractivity contribution in [1.29, 1.82) is 0 Å². The predicted molar refractivity (Wildman–Crippen MR) is 90.6 cm³/mol. The fourth-order valence-electron chi connectivity index (χ4n) is 5.07. The van der Waals surface area contributed by atoms with Crippen LogP contribution < -0.4 is 5.32 Å². The highest BCUT2D eigenvalue weighted by Crippen LogP contribution is 2.36. The van der Waals surface area contributed by atoms with E-state index in [1.54, 1.807) is 0 Å². The van der Waals surface area contributed by atoms with Crippen LogP contribution in [0.4, 0.5) is 0 Å². The monoisotopic (exact) mass is 292 g/mol. The zero-order valence-electron chi connectivity index (χ0n) is 14.3. The van der Waals surface area contributed by atoms with Crippen molar-refractivity contribution in [3.63, 3.8) is 0 Å². The number of likely N-dealkylation sites (tertiary alicyclic amines) is 1. The minimum absolute atomic E-state index is 0.765. The van der Waals surface area contributed by atoms with Crippen LogP contribution in [0.2, 0.25) is 0 Å². The molecular formula is C19H36N2. The Morgan fingerprint density at radius 2 is 1.71 bits per heavy atom. The van der Waals surface area contributed by atoms with Gasteiger partial charge in [-0.05, 0) is 50.4 Å². The second-order valence-electron chi connectivity index (χ2n) is 7.98. The molecule has 3 fully saturated rings. The minimum Gasteiger partial charge on any atom is -0.310 e. The van der Waals surface area contributed by atoms with Gasteiger partial charge in [0.2, 0.25) is 0 Å². The molecule has 3 rings (SSSR count). The largest absolute Gasteiger partial charge is 0.310 e. The molecule has 1 N–H and O–H groups in total. The Morgan fingerprint density at radius 3 is 2.29 bits per heavy atom. The quantitative estimate of drug-likeness (QED) is 0.789. The molecule has 0 aromatic heterocycles. The topological polar surface area (TPSA) is 15.3 Å². The summed E-state index contributed by atoms with van der Waals surface area (Å²) in [5, 5.41) is 4.02. The van der Waals surface area contributed by atoms with Crippen molar-refractivity contribution >= 4 is 0 Å². The smallest absolute Gasteiger partial charge is 0.0200 e. The second-order valence-corrected chi connectivity index (χ2v) is 7.98. The number of nitrogens with zero attached hydrogens (tertiary/aromatic N) is 1. The van der Waals surface area contributed by atoms with E-state index in [0.29, 0.717) is 0 Å². The van der Waals surface area contributed by atoms with Crippen LogP contribution >= 0.6 is 0 Å². The lowest BCUT2D eigenvalue weighted by molar-refractivity contribution is 0.0372. The molecular weight excluding hydrogens is 256 g/mol. The zero-order chi connectivity index (χ0) is 14.7. The average molecular weight is 293 g/mol. The van der Waals surface area contributed by atoms with Gasteiger partial charge in [0.25, 0.3) is 0 Å². The summed E-state index contributed by atoms with van der Waals surface area (Å²) in [4.78, 5) is 2.88. The summed E-state index contributed by atoms with van der Waals surface area (Å²) in [6.07, 6.45) is 14.4. The van der Waals surface area contributed by atoms with Crippen molar-refractivity contribution in [3.05, 3.63) is 0 Å². The Bertz CT molecular complexity index is 307. The highest BCUT2D eigenvalue weighted by atomic mass is 15.2. The Hall–Kier alpha value is -0.0800. The van der Waals surface area contributed by atoms with E-state index in [0.717, 1.165) is 30.0 Å². The lowest BCUT2D eigenvalue weighted by Gasteiger charge is -2.47. The molecule has 2 aliphatic carbocycles. The number of nitrogens with one attached hydrogen (secondary N) is 1. The first-order valence-electron chi connectivity index (χ1n) is 9.80. The van der Waals surface area contributed by atoms with E-state index in [-0.39, 0.29) is 0 Å². The molecule has 0 aromatic carbocycles. The molecule has 2 nitrogen and oxygen atoms in total. The maximum atomic E-state index is 4.02. The van der Waals surface area contributed by atoms with Crippen molar-refractivity contribution in [1.82, 2.24) is 10.2 Å². The van der Waals surface area contributed by atoms with Gasteiger partial charge in [0.05, 0.1) is 0 Å². The second kappa shape index (κ2) is 7.46. The standard InChI is InChI=1S/C19H36N2/c1-3-15-12-18(20-17-10-5-6-11-17)14-21(13-15)19(4-2)16-8-7-9-16/h15-20H,3-14H2,1-2H3. The summed E-state index contributed by atoms with van der Waals surface area (Å²) in [5.74, 6) is 1.93. The van der Waals surface area contributed by atoms with Crippen molar-refractivity contribution in [2.75, 3.05) is 13.1 Å². The van der Waals surface area contributed by atoms with Crippen LogP contribution in [0, 0.1) is 11.8 Å². The van der Waals surface area contributed by atoms with E-state index in [1.807, 2.05) is 0 Å². The van der Waals surface area contributed by atoms with E-state index in [4.69, 9.17) is 0 Å². The van der Waals surface area contributed by atoms with Crippen molar-refractivity contribution in [3.8, 4) is 0 Å². The van der Waals surface area contributed by atoms with E-state index in [9.17, 15) is 0 Å². The summed E-state index contributed by atoms with van der Waals surface area (Å²) < 4.78 is 0. The summed E-state index contributed by atoms with van der Waals surface area (Å²) in [6.45, 7) is 7.50. The normalized spacial score (nSPS) is 34.0. The molecule has 122 valence electrons. The molecule has 3 unspecified atom stereocenters. The molecule has 0 amide bonds. The molecule has 3 aliphatic rings. The van der Waals surface area contributed by atoms with Crippen molar-refractivity contribution in [2.45, 2.75) is 96.2 Å². The summed E-state index contributed by atoms with van der Waals surface area (Å²) >= 11 is 0. The van der Waals surface area contributed by atoms with Gasteiger partial charge in [0.15, 0.2) is 0 Å². The van der Waals surface area contributed by atoms with E-state index < -0.39 is 0 Å². The van der Waals surface area contributed by atoms with Crippen molar-refractivity contribution in [2.24, 2.45) is 11.8 Å². The maximum Gasteiger partial charge on any atom is 0.0200 e. The Balaban J connectivity index is 1.59. The van der Waals surface area contributed by atoms with E-state index in [2.05, 4.69) is 24.1 Å². The summed E-state index contributed by atoms with van der Waals surface area (Å²) in [5.41, 5.74) is 0. The van der Waals surface area contributed by atoms with Gasteiger partial charge in [-0.1, -0.05) is 39.5 Å². The van der Waals surface area contributed by atoms with Crippen LogP contribution in [-0.4, -0.2) is 36.1 Å². The molecule has 1 heterocycles. The average Bonchev–Trinajstić information content (AvgIpc) is 2.95. The molecule has 21 heavy (non-hydrogen) atoms. The number of hydrogen-bond donors (Lipinski definition) is 1. The third kappa shape index (κ3) is 3.82. The van der Waals surface area contributed by atoms with Crippen LogP contribution in [0.15, 0.2) is 0 Å². The Kier molecular flexibility index (Phi) is 5.61. The number of hydrogen-bond acceptors (Lipinski definition) is 2. The molecule has 1 saturated heterocycles. The van der Waals surface area contributed by atoms with E-state index >= 15 is 0 Å². The van der Waals surface area contributed by atoms with Crippen LogP contribution in [0.3, 0.4) is 0 Å². The lowest BCUT2D eigenvalue weighted by Crippen LogP contribution is -2.56.